The smallest absolute Gasteiger partial charge is 0.251 e. The van der Waals surface area contributed by atoms with Crippen LogP contribution < -0.4 is 11.1 Å². The van der Waals surface area contributed by atoms with Gasteiger partial charge in [0.2, 0.25) is 0 Å². The highest BCUT2D eigenvalue weighted by Gasteiger charge is 2.10. The van der Waals surface area contributed by atoms with Gasteiger partial charge in [-0.05, 0) is 24.1 Å². The van der Waals surface area contributed by atoms with E-state index in [0.717, 1.165) is 0 Å². The topological polar surface area (TPSA) is 55.1 Å². The van der Waals surface area contributed by atoms with Crippen LogP contribution >= 0.6 is 11.6 Å². The zero-order valence-electron chi connectivity index (χ0n) is 9.53. The molecule has 88 valence electrons. The first kappa shape index (κ1) is 13.0. The number of carbonyl (C=O) groups is 1. The molecule has 1 aromatic carbocycles. The molecule has 0 bridgehead atoms. The summed E-state index contributed by atoms with van der Waals surface area (Å²) in [5, 5.41) is 3.34. The number of carbonyl (C=O) groups excluding carboxylic acids is 1. The molecule has 1 unspecified atom stereocenters. The predicted octanol–water partition coefficient (Wildman–Crippen LogP) is 2.05. The van der Waals surface area contributed by atoms with Gasteiger partial charge in [-0.3, -0.25) is 4.79 Å². The molecule has 0 saturated carbocycles. The average Bonchev–Trinajstić information content (AvgIpc) is 2.25. The van der Waals surface area contributed by atoms with Gasteiger partial charge in [-0.2, -0.15) is 0 Å². The van der Waals surface area contributed by atoms with Gasteiger partial charge in [-0.15, -0.1) is 0 Å². The van der Waals surface area contributed by atoms with Gasteiger partial charge < -0.3 is 11.1 Å². The zero-order chi connectivity index (χ0) is 12.1. The van der Waals surface area contributed by atoms with Crippen LogP contribution in [0.15, 0.2) is 24.3 Å². The van der Waals surface area contributed by atoms with Crippen LogP contribution in [0.2, 0.25) is 5.02 Å². The van der Waals surface area contributed by atoms with E-state index in [0.29, 0.717) is 23.0 Å². The minimum absolute atomic E-state index is 0.0249. The minimum Gasteiger partial charge on any atom is -0.350 e. The van der Waals surface area contributed by atoms with E-state index in [2.05, 4.69) is 5.32 Å². The highest BCUT2D eigenvalue weighted by Crippen LogP contribution is 2.10. The molecule has 3 nitrogen and oxygen atoms in total. The Bertz CT molecular complexity index is 366. The molecular formula is C12H17ClN2O. The third kappa shape index (κ3) is 3.83. The highest BCUT2D eigenvalue weighted by atomic mass is 35.5. The quantitative estimate of drug-likeness (QED) is 0.847. The lowest BCUT2D eigenvalue weighted by Crippen LogP contribution is -2.40. The maximum absolute atomic E-state index is 11.7. The number of benzene rings is 1. The Kier molecular flexibility index (Phi) is 4.77. The highest BCUT2D eigenvalue weighted by molar-refractivity contribution is 6.30. The van der Waals surface area contributed by atoms with Crippen molar-refractivity contribution >= 4 is 17.5 Å². The van der Waals surface area contributed by atoms with E-state index in [1.54, 1.807) is 24.3 Å². The molecule has 0 aliphatic carbocycles. The fourth-order valence-electron chi connectivity index (χ4n) is 1.18. The summed E-state index contributed by atoms with van der Waals surface area (Å²) in [6.45, 7) is 4.52. The Balaban J connectivity index is 2.53. The van der Waals surface area contributed by atoms with Crippen molar-refractivity contribution in [3.8, 4) is 0 Å². The summed E-state index contributed by atoms with van der Waals surface area (Å²) < 4.78 is 0. The number of hydrogen-bond acceptors (Lipinski definition) is 2. The van der Waals surface area contributed by atoms with Crippen LogP contribution in [0.25, 0.3) is 0 Å². The van der Waals surface area contributed by atoms with Crippen LogP contribution in [0.1, 0.15) is 24.2 Å². The number of hydrogen-bond donors (Lipinski definition) is 2. The Labute approximate surface area is 101 Å². The Hall–Kier alpha value is -1.06. The molecule has 3 N–H and O–H groups in total. The Morgan fingerprint density at radius 1 is 1.50 bits per heavy atom. The molecule has 1 aromatic rings. The molecule has 1 rings (SSSR count). The summed E-state index contributed by atoms with van der Waals surface area (Å²) in [6.07, 6.45) is 0. The first-order valence-corrected chi connectivity index (χ1v) is 5.68. The second-order valence-corrected chi connectivity index (χ2v) is 4.56. The third-order valence-corrected chi connectivity index (χ3v) is 2.68. The summed E-state index contributed by atoms with van der Waals surface area (Å²) in [5.74, 6) is 0.207. The standard InChI is InChI=1S/C12H17ClN2O/c1-8(2)11(14)7-15-12(16)9-4-3-5-10(13)6-9/h3-6,8,11H,7,14H2,1-2H3,(H,15,16). The third-order valence-electron chi connectivity index (χ3n) is 2.44. The number of rotatable bonds is 4. The maximum atomic E-state index is 11.7. The molecular weight excluding hydrogens is 224 g/mol. The number of nitrogens with two attached hydrogens (primary N) is 1. The number of nitrogens with one attached hydrogen (secondary N) is 1. The van der Waals surface area contributed by atoms with Crippen molar-refractivity contribution in [3.63, 3.8) is 0 Å². The van der Waals surface area contributed by atoms with Crippen LogP contribution in [0.5, 0.6) is 0 Å². The first-order chi connectivity index (χ1) is 7.50. The number of amides is 1. The summed E-state index contributed by atoms with van der Waals surface area (Å²) >= 11 is 5.80. The van der Waals surface area contributed by atoms with E-state index in [-0.39, 0.29) is 11.9 Å². The van der Waals surface area contributed by atoms with Crippen molar-refractivity contribution in [2.24, 2.45) is 11.7 Å². The molecule has 0 spiro atoms. The molecule has 0 saturated heterocycles. The van der Waals surface area contributed by atoms with Gasteiger partial charge in [-0.25, -0.2) is 0 Å². The second-order valence-electron chi connectivity index (χ2n) is 4.13. The molecule has 16 heavy (non-hydrogen) atoms. The Morgan fingerprint density at radius 2 is 2.19 bits per heavy atom. The van der Waals surface area contributed by atoms with E-state index in [4.69, 9.17) is 17.3 Å². The first-order valence-electron chi connectivity index (χ1n) is 5.30. The summed E-state index contributed by atoms with van der Waals surface area (Å²) in [4.78, 5) is 11.7. The van der Waals surface area contributed by atoms with E-state index < -0.39 is 0 Å². The average molecular weight is 241 g/mol. The van der Waals surface area contributed by atoms with E-state index in [1.807, 2.05) is 13.8 Å². The second kappa shape index (κ2) is 5.87. The molecule has 0 aliphatic rings. The van der Waals surface area contributed by atoms with Gasteiger partial charge in [-0.1, -0.05) is 31.5 Å². The maximum Gasteiger partial charge on any atom is 0.251 e. The van der Waals surface area contributed by atoms with Crippen molar-refractivity contribution in [1.29, 1.82) is 0 Å². The van der Waals surface area contributed by atoms with Gasteiger partial charge >= 0.3 is 0 Å². The van der Waals surface area contributed by atoms with Crippen molar-refractivity contribution < 1.29 is 4.79 Å². The lowest BCUT2D eigenvalue weighted by atomic mass is 10.1. The van der Waals surface area contributed by atoms with Gasteiger partial charge in [0, 0.05) is 23.2 Å². The SMILES string of the molecule is CC(C)C(N)CNC(=O)c1cccc(Cl)c1. The van der Waals surface area contributed by atoms with Crippen molar-refractivity contribution in [3.05, 3.63) is 34.9 Å². The summed E-state index contributed by atoms with van der Waals surface area (Å²) in [7, 11) is 0. The zero-order valence-corrected chi connectivity index (χ0v) is 10.3. The number of halogens is 1. The van der Waals surface area contributed by atoms with Crippen LogP contribution in [-0.4, -0.2) is 18.5 Å². The fraction of sp³-hybridized carbons (Fsp3) is 0.417. The fourth-order valence-corrected chi connectivity index (χ4v) is 1.37. The lowest BCUT2D eigenvalue weighted by Gasteiger charge is -2.16. The van der Waals surface area contributed by atoms with E-state index in [1.165, 1.54) is 0 Å². The van der Waals surface area contributed by atoms with Gasteiger partial charge in [0.05, 0.1) is 0 Å². The van der Waals surface area contributed by atoms with Gasteiger partial charge in [0.15, 0.2) is 0 Å². The van der Waals surface area contributed by atoms with Crippen LogP contribution in [0.4, 0.5) is 0 Å². The molecule has 0 aliphatic heterocycles. The monoisotopic (exact) mass is 240 g/mol. The largest absolute Gasteiger partial charge is 0.350 e. The Morgan fingerprint density at radius 3 is 2.75 bits per heavy atom. The summed E-state index contributed by atoms with van der Waals surface area (Å²) in [5.41, 5.74) is 6.39. The van der Waals surface area contributed by atoms with Gasteiger partial charge in [0.25, 0.3) is 5.91 Å². The predicted molar refractivity (Wildman–Crippen MR) is 66.6 cm³/mol. The van der Waals surface area contributed by atoms with E-state index >= 15 is 0 Å². The molecule has 0 fully saturated rings. The summed E-state index contributed by atoms with van der Waals surface area (Å²) in [6, 6.07) is 6.82. The van der Waals surface area contributed by atoms with Gasteiger partial charge in [0.1, 0.15) is 0 Å². The van der Waals surface area contributed by atoms with Crippen molar-refractivity contribution in [2.75, 3.05) is 6.54 Å². The van der Waals surface area contributed by atoms with Crippen molar-refractivity contribution in [1.82, 2.24) is 5.32 Å². The van der Waals surface area contributed by atoms with Crippen LogP contribution in [0.3, 0.4) is 0 Å². The molecule has 1 amide bonds. The van der Waals surface area contributed by atoms with E-state index in [9.17, 15) is 4.79 Å². The van der Waals surface area contributed by atoms with Crippen LogP contribution in [0, 0.1) is 5.92 Å². The van der Waals surface area contributed by atoms with Crippen molar-refractivity contribution in [2.45, 2.75) is 19.9 Å². The molecule has 1 atom stereocenters. The normalized spacial score (nSPS) is 12.6. The molecule has 0 aromatic heterocycles. The minimum atomic E-state index is -0.140. The molecule has 4 heteroatoms. The molecule has 0 radical (unpaired) electrons. The molecule has 0 heterocycles. The lowest BCUT2D eigenvalue weighted by molar-refractivity contribution is 0.0949. The van der Waals surface area contributed by atoms with Crippen LogP contribution in [-0.2, 0) is 0 Å².